The van der Waals surface area contributed by atoms with E-state index >= 15 is 0 Å². The summed E-state index contributed by atoms with van der Waals surface area (Å²) in [4.78, 5) is 23.1. The van der Waals surface area contributed by atoms with Crippen LogP contribution in [0.3, 0.4) is 0 Å². The molecule has 1 aromatic heterocycles. The molecule has 0 saturated heterocycles. The summed E-state index contributed by atoms with van der Waals surface area (Å²) in [6, 6.07) is 0. The van der Waals surface area contributed by atoms with Crippen molar-refractivity contribution in [3.63, 3.8) is 0 Å². The first kappa shape index (κ1) is 16.9. The number of carbonyl (C=O) groups excluding carboxylic acids is 1. The molecular formula is C14H24N2O3S. The second-order valence-corrected chi connectivity index (χ2v) is 6.00. The maximum atomic E-state index is 11.6. The lowest BCUT2D eigenvalue weighted by molar-refractivity contribution is -0.121. The van der Waals surface area contributed by atoms with Crippen LogP contribution in [0.2, 0.25) is 0 Å². The molecule has 1 heterocycles. The van der Waals surface area contributed by atoms with Gasteiger partial charge in [0.1, 0.15) is 0 Å². The van der Waals surface area contributed by atoms with Crippen LogP contribution in [0.5, 0.6) is 0 Å². The number of carbonyl (C=O) groups is 1. The standard InChI is InChI=1S/C14H24N2O3S/c1-11(9-17)5-3-7-15-13(18)6-4-8-16-12(2)10-20-14(16)19/h10-11,17H,3-9H2,1-2H3,(H,15,18). The molecule has 0 aromatic carbocycles. The topological polar surface area (TPSA) is 71.3 Å². The molecule has 0 fully saturated rings. The largest absolute Gasteiger partial charge is 0.396 e. The molecule has 1 unspecified atom stereocenters. The first-order valence-corrected chi connectivity index (χ1v) is 7.95. The molecule has 114 valence electrons. The summed E-state index contributed by atoms with van der Waals surface area (Å²) in [6.07, 6.45) is 2.92. The summed E-state index contributed by atoms with van der Waals surface area (Å²) < 4.78 is 1.71. The average molecular weight is 300 g/mol. The van der Waals surface area contributed by atoms with Gasteiger partial charge in [-0.05, 0) is 32.1 Å². The molecule has 6 heteroatoms. The summed E-state index contributed by atoms with van der Waals surface area (Å²) in [6.45, 7) is 5.34. The van der Waals surface area contributed by atoms with Gasteiger partial charge in [0, 0.05) is 37.2 Å². The third-order valence-electron chi connectivity index (χ3n) is 3.27. The van der Waals surface area contributed by atoms with E-state index in [2.05, 4.69) is 5.32 Å². The summed E-state index contributed by atoms with van der Waals surface area (Å²) in [5, 5.41) is 13.6. The molecule has 2 N–H and O–H groups in total. The highest BCUT2D eigenvalue weighted by Crippen LogP contribution is 2.04. The molecule has 20 heavy (non-hydrogen) atoms. The number of aryl methyl sites for hydroxylation is 1. The van der Waals surface area contributed by atoms with Crippen LogP contribution < -0.4 is 10.2 Å². The number of thiazole rings is 1. The van der Waals surface area contributed by atoms with Crippen molar-refractivity contribution in [3.8, 4) is 0 Å². The van der Waals surface area contributed by atoms with Gasteiger partial charge in [0.05, 0.1) is 0 Å². The Bertz CT molecular complexity index is 467. The van der Waals surface area contributed by atoms with Gasteiger partial charge in [-0.1, -0.05) is 18.3 Å². The second-order valence-electron chi connectivity index (χ2n) is 5.18. The van der Waals surface area contributed by atoms with Crippen LogP contribution in [0.4, 0.5) is 0 Å². The Morgan fingerprint density at radius 1 is 1.50 bits per heavy atom. The smallest absolute Gasteiger partial charge is 0.307 e. The quantitative estimate of drug-likeness (QED) is 0.679. The third kappa shape index (κ3) is 5.88. The van der Waals surface area contributed by atoms with E-state index in [4.69, 9.17) is 5.11 Å². The Labute approximate surface area is 123 Å². The van der Waals surface area contributed by atoms with Crippen LogP contribution >= 0.6 is 11.3 Å². The first-order chi connectivity index (χ1) is 9.54. The molecule has 0 spiro atoms. The fourth-order valence-corrected chi connectivity index (χ4v) is 2.69. The van der Waals surface area contributed by atoms with Gasteiger partial charge in [0.15, 0.2) is 0 Å². The van der Waals surface area contributed by atoms with Crippen molar-refractivity contribution in [1.82, 2.24) is 9.88 Å². The number of rotatable bonds is 9. The summed E-state index contributed by atoms with van der Waals surface area (Å²) >= 11 is 1.20. The molecule has 1 aromatic rings. The maximum Gasteiger partial charge on any atom is 0.307 e. The zero-order valence-electron chi connectivity index (χ0n) is 12.2. The number of aliphatic hydroxyl groups excluding tert-OH is 1. The molecule has 5 nitrogen and oxygen atoms in total. The monoisotopic (exact) mass is 300 g/mol. The highest BCUT2D eigenvalue weighted by molar-refractivity contribution is 7.07. The van der Waals surface area contributed by atoms with E-state index in [-0.39, 0.29) is 17.4 Å². The molecule has 0 aliphatic heterocycles. The summed E-state index contributed by atoms with van der Waals surface area (Å²) in [5.41, 5.74) is 0.957. The Kier molecular flexibility index (Phi) is 7.54. The van der Waals surface area contributed by atoms with Crippen molar-refractivity contribution >= 4 is 17.2 Å². The number of nitrogens with one attached hydrogen (secondary N) is 1. The number of amides is 1. The maximum absolute atomic E-state index is 11.6. The van der Waals surface area contributed by atoms with Crippen molar-refractivity contribution in [2.75, 3.05) is 13.2 Å². The lowest BCUT2D eigenvalue weighted by Crippen LogP contribution is -2.25. The molecule has 1 amide bonds. The van der Waals surface area contributed by atoms with Gasteiger partial charge >= 0.3 is 4.87 Å². The van der Waals surface area contributed by atoms with E-state index < -0.39 is 0 Å². The Morgan fingerprint density at radius 2 is 2.25 bits per heavy atom. The fraction of sp³-hybridized carbons (Fsp3) is 0.714. The highest BCUT2D eigenvalue weighted by Gasteiger charge is 2.05. The molecule has 0 bridgehead atoms. The number of hydrogen-bond donors (Lipinski definition) is 2. The Hall–Kier alpha value is -1.14. The van der Waals surface area contributed by atoms with Crippen LogP contribution in [0.1, 0.15) is 38.3 Å². The lowest BCUT2D eigenvalue weighted by Gasteiger charge is -2.09. The van der Waals surface area contributed by atoms with Crippen molar-refractivity contribution in [3.05, 3.63) is 20.7 Å². The van der Waals surface area contributed by atoms with Gasteiger partial charge in [-0.25, -0.2) is 0 Å². The molecule has 1 rings (SSSR count). The second kappa shape index (κ2) is 8.92. The molecule has 0 radical (unpaired) electrons. The summed E-state index contributed by atoms with van der Waals surface area (Å²) in [5.74, 6) is 0.322. The zero-order valence-corrected chi connectivity index (χ0v) is 13.0. The van der Waals surface area contributed by atoms with Crippen LogP contribution in [-0.4, -0.2) is 28.7 Å². The fourth-order valence-electron chi connectivity index (χ4n) is 1.93. The van der Waals surface area contributed by atoms with E-state index in [9.17, 15) is 9.59 Å². The van der Waals surface area contributed by atoms with Gasteiger partial charge < -0.3 is 15.0 Å². The molecule has 0 aliphatic rings. The first-order valence-electron chi connectivity index (χ1n) is 7.07. The van der Waals surface area contributed by atoms with Crippen molar-refractivity contribution in [2.45, 2.75) is 46.1 Å². The normalized spacial score (nSPS) is 12.3. The summed E-state index contributed by atoms with van der Waals surface area (Å²) in [7, 11) is 0. The molecule has 1 atom stereocenters. The minimum Gasteiger partial charge on any atom is -0.396 e. The van der Waals surface area contributed by atoms with Crippen LogP contribution in [0.25, 0.3) is 0 Å². The number of aromatic nitrogens is 1. The molecule has 0 saturated carbocycles. The van der Waals surface area contributed by atoms with E-state index in [1.165, 1.54) is 11.3 Å². The molecular weight excluding hydrogens is 276 g/mol. The van der Waals surface area contributed by atoms with Crippen LogP contribution in [-0.2, 0) is 11.3 Å². The lowest BCUT2D eigenvalue weighted by atomic mass is 10.1. The third-order valence-corrected chi connectivity index (χ3v) is 4.15. The van der Waals surface area contributed by atoms with Gasteiger partial charge in [-0.3, -0.25) is 9.59 Å². The van der Waals surface area contributed by atoms with Gasteiger partial charge in [0.2, 0.25) is 5.91 Å². The Morgan fingerprint density at radius 3 is 2.85 bits per heavy atom. The van der Waals surface area contributed by atoms with Crippen LogP contribution in [0, 0.1) is 12.8 Å². The average Bonchev–Trinajstić information content (AvgIpc) is 2.75. The van der Waals surface area contributed by atoms with Gasteiger partial charge in [-0.15, -0.1) is 0 Å². The van der Waals surface area contributed by atoms with Gasteiger partial charge in [-0.2, -0.15) is 0 Å². The van der Waals surface area contributed by atoms with Crippen molar-refractivity contribution in [1.29, 1.82) is 0 Å². The van der Waals surface area contributed by atoms with Gasteiger partial charge in [0.25, 0.3) is 0 Å². The SMILES string of the molecule is Cc1csc(=O)n1CCCC(=O)NCCCC(C)CO. The number of aliphatic hydroxyl groups is 1. The minimum atomic E-state index is 0.0302. The van der Waals surface area contributed by atoms with Crippen molar-refractivity contribution in [2.24, 2.45) is 5.92 Å². The number of hydrogen-bond acceptors (Lipinski definition) is 4. The van der Waals surface area contributed by atoms with Crippen LogP contribution in [0.15, 0.2) is 10.2 Å². The predicted molar refractivity (Wildman–Crippen MR) is 81.0 cm³/mol. The predicted octanol–water partition coefficient (Wildman–Crippen LogP) is 1.52. The van der Waals surface area contributed by atoms with E-state index in [1.807, 2.05) is 19.2 Å². The number of nitrogens with zero attached hydrogens (tertiary/aromatic N) is 1. The van der Waals surface area contributed by atoms with E-state index in [0.717, 1.165) is 18.5 Å². The van der Waals surface area contributed by atoms with E-state index in [1.54, 1.807) is 4.57 Å². The molecule has 0 aliphatic carbocycles. The van der Waals surface area contributed by atoms with E-state index in [0.29, 0.717) is 31.8 Å². The zero-order chi connectivity index (χ0) is 15.0. The highest BCUT2D eigenvalue weighted by atomic mass is 32.1. The Balaban J connectivity index is 2.13. The minimum absolute atomic E-state index is 0.0302. The van der Waals surface area contributed by atoms with Crippen molar-refractivity contribution < 1.29 is 9.90 Å².